The van der Waals surface area contributed by atoms with Crippen LogP contribution in [0.3, 0.4) is 0 Å². The second-order valence-corrected chi connectivity index (χ2v) is 7.19. The molecule has 1 unspecified atom stereocenters. The molecule has 1 aliphatic rings. The molecule has 0 aromatic heterocycles. The van der Waals surface area contributed by atoms with Crippen molar-refractivity contribution < 1.29 is 9.59 Å². The van der Waals surface area contributed by atoms with Gasteiger partial charge in [0.05, 0.1) is 0 Å². The number of benzene rings is 1. The molecule has 0 bridgehead atoms. The summed E-state index contributed by atoms with van der Waals surface area (Å²) >= 11 is 0. The predicted octanol–water partition coefficient (Wildman–Crippen LogP) is 3.02. The molecule has 24 heavy (non-hydrogen) atoms. The number of likely N-dealkylation sites (tertiary alicyclic amines) is 1. The van der Waals surface area contributed by atoms with Gasteiger partial charge in [0.15, 0.2) is 0 Å². The Balaban J connectivity index is 1.72. The Labute approximate surface area is 145 Å². The summed E-state index contributed by atoms with van der Waals surface area (Å²) in [7, 11) is 0. The van der Waals surface area contributed by atoms with Crippen LogP contribution in [0.5, 0.6) is 0 Å². The number of piperidine rings is 1. The summed E-state index contributed by atoms with van der Waals surface area (Å²) in [6.45, 7) is 7.32. The highest BCUT2D eigenvalue weighted by Crippen LogP contribution is 2.19. The van der Waals surface area contributed by atoms with Gasteiger partial charge < -0.3 is 10.2 Å². The fraction of sp³-hybridized carbons (Fsp3) is 0.600. The van der Waals surface area contributed by atoms with Crippen molar-refractivity contribution in [1.29, 1.82) is 0 Å². The van der Waals surface area contributed by atoms with E-state index in [1.54, 1.807) is 0 Å². The molecular formula is C20H30N2O2. The van der Waals surface area contributed by atoms with E-state index in [9.17, 15) is 9.59 Å². The molecule has 1 N–H and O–H groups in total. The van der Waals surface area contributed by atoms with E-state index in [1.165, 1.54) is 5.56 Å². The highest BCUT2D eigenvalue weighted by molar-refractivity contribution is 5.80. The van der Waals surface area contributed by atoms with Crippen LogP contribution in [0.15, 0.2) is 30.3 Å². The molecule has 1 aromatic rings. The Bertz CT molecular complexity index is 534. The fourth-order valence-corrected chi connectivity index (χ4v) is 3.19. The van der Waals surface area contributed by atoms with Crippen molar-refractivity contribution in [3.63, 3.8) is 0 Å². The molecule has 2 amide bonds. The molecule has 1 fully saturated rings. The number of amides is 2. The minimum Gasteiger partial charge on any atom is -0.353 e. The van der Waals surface area contributed by atoms with Crippen LogP contribution >= 0.6 is 0 Å². The van der Waals surface area contributed by atoms with E-state index >= 15 is 0 Å². The summed E-state index contributed by atoms with van der Waals surface area (Å²) in [5.41, 5.74) is 1.30. The SMILES string of the molecule is CC(CCc1ccccc1)NC(=O)C1CCN(C(=O)C(C)C)CC1. The molecule has 2 rings (SSSR count). The van der Waals surface area contributed by atoms with Crippen molar-refractivity contribution in [2.45, 2.75) is 52.5 Å². The van der Waals surface area contributed by atoms with E-state index in [0.29, 0.717) is 13.1 Å². The summed E-state index contributed by atoms with van der Waals surface area (Å²) < 4.78 is 0. The molecule has 1 atom stereocenters. The molecular weight excluding hydrogens is 300 g/mol. The number of carbonyl (C=O) groups is 2. The van der Waals surface area contributed by atoms with Crippen LogP contribution in [0.25, 0.3) is 0 Å². The van der Waals surface area contributed by atoms with Crippen molar-refractivity contribution in [3.8, 4) is 0 Å². The Morgan fingerprint density at radius 3 is 2.33 bits per heavy atom. The maximum atomic E-state index is 12.4. The molecule has 4 nitrogen and oxygen atoms in total. The largest absolute Gasteiger partial charge is 0.353 e. The Morgan fingerprint density at radius 2 is 1.75 bits per heavy atom. The van der Waals surface area contributed by atoms with E-state index in [1.807, 2.05) is 36.9 Å². The number of nitrogens with one attached hydrogen (secondary N) is 1. The molecule has 0 radical (unpaired) electrons. The van der Waals surface area contributed by atoms with Crippen LogP contribution in [0.2, 0.25) is 0 Å². The second-order valence-electron chi connectivity index (χ2n) is 7.19. The number of nitrogens with zero attached hydrogens (tertiary/aromatic N) is 1. The van der Waals surface area contributed by atoms with Gasteiger partial charge in [-0.15, -0.1) is 0 Å². The zero-order valence-corrected chi connectivity index (χ0v) is 15.1. The molecule has 1 saturated heterocycles. The first-order valence-electron chi connectivity index (χ1n) is 9.10. The second kappa shape index (κ2) is 8.86. The molecule has 0 saturated carbocycles. The Kier molecular flexibility index (Phi) is 6.83. The number of carbonyl (C=O) groups excluding carboxylic acids is 2. The van der Waals surface area contributed by atoms with Gasteiger partial charge in [-0.25, -0.2) is 0 Å². The lowest BCUT2D eigenvalue weighted by atomic mass is 9.94. The van der Waals surface area contributed by atoms with Gasteiger partial charge in [0, 0.05) is 31.0 Å². The summed E-state index contributed by atoms with van der Waals surface area (Å²) in [4.78, 5) is 26.3. The van der Waals surface area contributed by atoms with Gasteiger partial charge in [-0.2, -0.15) is 0 Å². The number of hydrogen-bond acceptors (Lipinski definition) is 2. The van der Waals surface area contributed by atoms with E-state index in [0.717, 1.165) is 25.7 Å². The van der Waals surface area contributed by atoms with Gasteiger partial charge in [0.1, 0.15) is 0 Å². The van der Waals surface area contributed by atoms with Crippen molar-refractivity contribution in [2.24, 2.45) is 11.8 Å². The smallest absolute Gasteiger partial charge is 0.225 e. The zero-order valence-electron chi connectivity index (χ0n) is 15.1. The first-order chi connectivity index (χ1) is 11.5. The lowest BCUT2D eigenvalue weighted by Crippen LogP contribution is -2.45. The van der Waals surface area contributed by atoms with Crippen LogP contribution < -0.4 is 5.32 Å². The lowest BCUT2D eigenvalue weighted by molar-refractivity contribution is -0.138. The van der Waals surface area contributed by atoms with E-state index < -0.39 is 0 Å². The maximum absolute atomic E-state index is 12.4. The molecule has 4 heteroatoms. The first-order valence-corrected chi connectivity index (χ1v) is 9.10. The average Bonchev–Trinajstić information content (AvgIpc) is 2.60. The molecule has 0 aliphatic carbocycles. The summed E-state index contributed by atoms with van der Waals surface area (Å²) in [6, 6.07) is 10.5. The van der Waals surface area contributed by atoms with Crippen LogP contribution in [-0.2, 0) is 16.0 Å². The minimum atomic E-state index is 0.0355. The normalized spacial score (nSPS) is 16.9. The van der Waals surface area contributed by atoms with Crippen LogP contribution in [0, 0.1) is 11.8 Å². The highest BCUT2D eigenvalue weighted by Gasteiger charge is 2.28. The number of aryl methyl sites for hydroxylation is 1. The van der Waals surface area contributed by atoms with Crippen molar-refractivity contribution in [1.82, 2.24) is 10.2 Å². The standard InChI is InChI=1S/C20H30N2O2/c1-15(2)20(24)22-13-11-18(12-14-22)19(23)21-16(3)9-10-17-7-5-4-6-8-17/h4-8,15-16,18H,9-14H2,1-3H3,(H,21,23). The molecule has 1 heterocycles. The number of hydrogen-bond donors (Lipinski definition) is 1. The average molecular weight is 330 g/mol. The Hall–Kier alpha value is -1.84. The Morgan fingerprint density at radius 1 is 1.12 bits per heavy atom. The van der Waals surface area contributed by atoms with Crippen molar-refractivity contribution in [3.05, 3.63) is 35.9 Å². The summed E-state index contributed by atoms with van der Waals surface area (Å²) in [5, 5.41) is 3.14. The summed E-state index contributed by atoms with van der Waals surface area (Å²) in [6.07, 6.45) is 3.47. The molecule has 1 aromatic carbocycles. The minimum absolute atomic E-state index is 0.0355. The van der Waals surface area contributed by atoms with E-state index in [4.69, 9.17) is 0 Å². The van der Waals surface area contributed by atoms with Gasteiger partial charge >= 0.3 is 0 Å². The van der Waals surface area contributed by atoms with Crippen molar-refractivity contribution in [2.75, 3.05) is 13.1 Å². The van der Waals surface area contributed by atoms with Crippen LogP contribution in [0.1, 0.15) is 45.6 Å². The predicted molar refractivity (Wildman–Crippen MR) is 96.5 cm³/mol. The van der Waals surface area contributed by atoms with Gasteiger partial charge in [-0.1, -0.05) is 44.2 Å². The third kappa shape index (κ3) is 5.36. The van der Waals surface area contributed by atoms with Crippen molar-refractivity contribution >= 4 is 11.8 Å². The number of rotatable bonds is 6. The fourth-order valence-electron chi connectivity index (χ4n) is 3.19. The third-order valence-electron chi connectivity index (χ3n) is 4.77. The van der Waals surface area contributed by atoms with Gasteiger partial charge in [0.2, 0.25) is 11.8 Å². The molecule has 0 spiro atoms. The zero-order chi connectivity index (χ0) is 17.5. The summed E-state index contributed by atoms with van der Waals surface area (Å²) in [5.74, 6) is 0.422. The van der Waals surface area contributed by atoms with E-state index in [2.05, 4.69) is 24.4 Å². The van der Waals surface area contributed by atoms with Crippen LogP contribution in [0.4, 0.5) is 0 Å². The molecule has 132 valence electrons. The first kappa shape index (κ1) is 18.5. The monoisotopic (exact) mass is 330 g/mol. The lowest BCUT2D eigenvalue weighted by Gasteiger charge is -2.33. The highest BCUT2D eigenvalue weighted by atomic mass is 16.2. The van der Waals surface area contributed by atoms with Gasteiger partial charge in [-0.3, -0.25) is 9.59 Å². The molecule has 1 aliphatic heterocycles. The quantitative estimate of drug-likeness (QED) is 0.871. The van der Waals surface area contributed by atoms with E-state index in [-0.39, 0.29) is 29.7 Å². The maximum Gasteiger partial charge on any atom is 0.225 e. The van der Waals surface area contributed by atoms with Crippen LogP contribution in [-0.4, -0.2) is 35.8 Å². The third-order valence-corrected chi connectivity index (χ3v) is 4.77. The topological polar surface area (TPSA) is 49.4 Å². The van der Waals surface area contributed by atoms with Gasteiger partial charge in [0.25, 0.3) is 0 Å². The van der Waals surface area contributed by atoms with Gasteiger partial charge in [-0.05, 0) is 38.2 Å².